The summed E-state index contributed by atoms with van der Waals surface area (Å²) in [6.45, 7) is 0. The van der Waals surface area contributed by atoms with Gasteiger partial charge in [-0.3, -0.25) is 0 Å². The number of hydrogen-bond acceptors (Lipinski definition) is 5. The fourth-order valence-corrected chi connectivity index (χ4v) is 1.26. The monoisotopic (exact) mass is 211 g/mol. The van der Waals surface area contributed by atoms with Crippen molar-refractivity contribution < 1.29 is 0 Å². The normalized spacial score (nSPS) is 9.44. The zero-order valence-electron chi connectivity index (χ0n) is 8.38. The van der Waals surface area contributed by atoms with Gasteiger partial charge in [0.2, 0.25) is 0 Å². The number of para-hydroxylation sites is 1. The summed E-state index contributed by atoms with van der Waals surface area (Å²) in [5.74, 6) is 0.498. The van der Waals surface area contributed by atoms with Gasteiger partial charge >= 0.3 is 0 Å². The Hall–Kier alpha value is -2.61. The molecule has 0 saturated heterocycles. The van der Waals surface area contributed by atoms with Gasteiger partial charge in [0, 0.05) is 0 Å². The van der Waals surface area contributed by atoms with E-state index in [4.69, 9.17) is 11.0 Å². The molecule has 0 aliphatic carbocycles. The summed E-state index contributed by atoms with van der Waals surface area (Å²) >= 11 is 0. The first-order chi connectivity index (χ1) is 7.81. The lowest BCUT2D eigenvalue weighted by molar-refractivity contribution is 1.17. The number of rotatable bonds is 2. The average Bonchev–Trinajstić information content (AvgIpc) is 2.33. The molecular formula is C11H9N5. The summed E-state index contributed by atoms with van der Waals surface area (Å²) in [6, 6.07) is 9.23. The highest BCUT2D eigenvalue weighted by Crippen LogP contribution is 2.21. The van der Waals surface area contributed by atoms with E-state index in [2.05, 4.69) is 21.4 Å². The Balaban J connectivity index is 2.35. The number of hydrogen-bond donors (Lipinski definition) is 2. The van der Waals surface area contributed by atoms with Crippen molar-refractivity contribution in [2.45, 2.75) is 0 Å². The zero-order chi connectivity index (χ0) is 11.4. The second kappa shape index (κ2) is 4.28. The third-order valence-electron chi connectivity index (χ3n) is 2.04. The molecule has 0 fully saturated rings. The number of nitrogens with zero attached hydrogens (tertiary/aromatic N) is 3. The molecule has 1 heterocycles. The van der Waals surface area contributed by atoms with Crippen molar-refractivity contribution in [3.05, 3.63) is 42.4 Å². The van der Waals surface area contributed by atoms with Crippen LogP contribution in [-0.2, 0) is 0 Å². The molecule has 0 amide bonds. The van der Waals surface area contributed by atoms with Crippen molar-refractivity contribution in [2.75, 3.05) is 11.1 Å². The van der Waals surface area contributed by atoms with E-state index in [0.717, 1.165) is 0 Å². The average molecular weight is 211 g/mol. The van der Waals surface area contributed by atoms with Crippen molar-refractivity contribution in [1.29, 1.82) is 5.26 Å². The maximum atomic E-state index is 8.91. The first-order valence-corrected chi connectivity index (χ1v) is 4.63. The third-order valence-corrected chi connectivity index (χ3v) is 2.04. The Morgan fingerprint density at radius 2 is 2.12 bits per heavy atom. The minimum Gasteiger partial charge on any atom is -0.394 e. The van der Waals surface area contributed by atoms with Crippen LogP contribution < -0.4 is 11.1 Å². The second-order valence-corrected chi connectivity index (χ2v) is 3.11. The van der Waals surface area contributed by atoms with Crippen LogP contribution in [0.15, 0.2) is 36.8 Å². The Labute approximate surface area is 92.6 Å². The van der Waals surface area contributed by atoms with Crippen LogP contribution in [0.5, 0.6) is 0 Å². The minimum atomic E-state index is 0.440. The first kappa shape index (κ1) is 9.93. The van der Waals surface area contributed by atoms with E-state index >= 15 is 0 Å². The highest BCUT2D eigenvalue weighted by Gasteiger charge is 2.04. The summed E-state index contributed by atoms with van der Waals surface area (Å²) in [5.41, 5.74) is 7.35. The van der Waals surface area contributed by atoms with Crippen LogP contribution in [0.1, 0.15) is 5.56 Å². The topological polar surface area (TPSA) is 87.6 Å². The molecule has 0 aliphatic rings. The molecule has 0 bridgehead atoms. The molecular weight excluding hydrogens is 202 g/mol. The number of nitrogen functional groups attached to an aromatic ring is 1. The summed E-state index contributed by atoms with van der Waals surface area (Å²) in [4.78, 5) is 7.78. The van der Waals surface area contributed by atoms with Crippen molar-refractivity contribution in [3.63, 3.8) is 0 Å². The molecule has 0 aliphatic heterocycles. The van der Waals surface area contributed by atoms with Gasteiger partial charge in [-0.25, -0.2) is 9.97 Å². The summed E-state index contributed by atoms with van der Waals surface area (Å²) in [6.07, 6.45) is 2.90. The minimum absolute atomic E-state index is 0.440. The Morgan fingerprint density at radius 1 is 1.31 bits per heavy atom. The number of nitriles is 1. The van der Waals surface area contributed by atoms with Gasteiger partial charge in [0.25, 0.3) is 0 Å². The van der Waals surface area contributed by atoms with Gasteiger partial charge in [0.1, 0.15) is 12.4 Å². The van der Waals surface area contributed by atoms with Gasteiger partial charge in [0.05, 0.1) is 23.1 Å². The van der Waals surface area contributed by atoms with Crippen LogP contribution in [-0.4, -0.2) is 9.97 Å². The molecule has 0 spiro atoms. The van der Waals surface area contributed by atoms with Crippen LogP contribution >= 0.6 is 0 Å². The number of anilines is 3. The molecule has 2 rings (SSSR count). The molecule has 5 nitrogen and oxygen atoms in total. The highest BCUT2D eigenvalue weighted by molar-refractivity contribution is 5.71. The van der Waals surface area contributed by atoms with Crippen LogP contribution in [0.4, 0.5) is 17.2 Å². The van der Waals surface area contributed by atoms with Gasteiger partial charge in [-0.2, -0.15) is 5.26 Å². The summed E-state index contributed by atoms with van der Waals surface area (Å²) < 4.78 is 0. The van der Waals surface area contributed by atoms with Crippen molar-refractivity contribution in [2.24, 2.45) is 0 Å². The molecule has 0 radical (unpaired) electrons. The van der Waals surface area contributed by atoms with Crippen LogP contribution in [0.25, 0.3) is 0 Å². The predicted molar refractivity (Wildman–Crippen MR) is 60.9 cm³/mol. The largest absolute Gasteiger partial charge is 0.394 e. The van der Waals surface area contributed by atoms with E-state index in [1.54, 1.807) is 18.2 Å². The van der Waals surface area contributed by atoms with E-state index < -0.39 is 0 Å². The fraction of sp³-hybridized carbons (Fsp3) is 0. The molecule has 2 aromatic rings. The lowest BCUT2D eigenvalue weighted by atomic mass is 10.2. The molecule has 0 unspecified atom stereocenters. The third kappa shape index (κ3) is 1.91. The molecule has 3 N–H and O–H groups in total. The van der Waals surface area contributed by atoms with Crippen molar-refractivity contribution in [3.8, 4) is 6.07 Å². The molecule has 1 aromatic carbocycles. The van der Waals surface area contributed by atoms with Crippen LogP contribution in [0.3, 0.4) is 0 Å². The predicted octanol–water partition coefficient (Wildman–Crippen LogP) is 1.67. The first-order valence-electron chi connectivity index (χ1n) is 4.63. The standard InChI is InChI=1S/C11H9N5/c12-5-8-3-1-2-4-10(8)16-11-9(13)6-14-7-15-11/h1-4,6-7H,13H2,(H,14,15,16). The SMILES string of the molecule is N#Cc1ccccc1Nc1ncncc1N. The Bertz CT molecular complexity index is 544. The molecule has 16 heavy (non-hydrogen) atoms. The molecule has 5 heteroatoms. The van der Waals surface area contributed by atoms with E-state index in [-0.39, 0.29) is 0 Å². The van der Waals surface area contributed by atoms with E-state index in [1.165, 1.54) is 12.5 Å². The molecule has 0 atom stereocenters. The Morgan fingerprint density at radius 3 is 2.88 bits per heavy atom. The van der Waals surface area contributed by atoms with Gasteiger partial charge in [0.15, 0.2) is 5.82 Å². The van der Waals surface area contributed by atoms with Crippen molar-refractivity contribution >= 4 is 17.2 Å². The number of nitrogens with two attached hydrogens (primary N) is 1. The van der Waals surface area contributed by atoms with Gasteiger partial charge in [-0.05, 0) is 12.1 Å². The van der Waals surface area contributed by atoms with Gasteiger partial charge < -0.3 is 11.1 Å². The fourth-order valence-electron chi connectivity index (χ4n) is 1.26. The zero-order valence-corrected chi connectivity index (χ0v) is 8.38. The highest BCUT2D eigenvalue weighted by atomic mass is 15.0. The smallest absolute Gasteiger partial charge is 0.157 e. The number of aromatic nitrogens is 2. The van der Waals surface area contributed by atoms with Gasteiger partial charge in [-0.1, -0.05) is 12.1 Å². The molecule has 1 aromatic heterocycles. The van der Waals surface area contributed by atoms with Crippen LogP contribution in [0, 0.1) is 11.3 Å². The van der Waals surface area contributed by atoms with E-state index in [9.17, 15) is 0 Å². The lowest BCUT2D eigenvalue weighted by Crippen LogP contribution is -2.00. The van der Waals surface area contributed by atoms with Crippen LogP contribution in [0.2, 0.25) is 0 Å². The van der Waals surface area contributed by atoms with E-state index in [1.807, 2.05) is 6.07 Å². The summed E-state index contributed by atoms with van der Waals surface area (Å²) in [5, 5.41) is 11.9. The maximum absolute atomic E-state index is 8.91. The number of benzene rings is 1. The molecule has 0 saturated carbocycles. The van der Waals surface area contributed by atoms with Crippen molar-refractivity contribution in [1.82, 2.24) is 9.97 Å². The molecule has 78 valence electrons. The second-order valence-electron chi connectivity index (χ2n) is 3.11. The number of nitrogens with one attached hydrogen (secondary N) is 1. The Kier molecular flexibility index (Phi) is 2.65. The van der Waals surface area contributed by atoms with Gasteiger partial charge in [-0.15, -0.1) is 0 Å². The lowest BCUT2D eigenvalue weighted by Gasteiger charge is -2.08. The quantitative estimate of drug-likeness (QED) is 0.788. The maximum Gasteiger partial charge on any atom is 0.157 e. The van der Waals surface area contributed by atoms with E-state index in [0.29, 0.717) is 22.8 Å². The summed E-state index contributed by atoms with van der Waals surface area (Å²) in [7, 11) is 0.